The summed E-state index contributed by atoms with van der Waals surface area (Å²) in [6.07, 6.45) is 0.367. The third kappa shape index (κ3) is 4.50. The molecule has 7 nitrogen and oxygen atoms in total. The summed E-state index contributed by atoms with van der Waals surface area (Å²) in [5, 5.41) is 5.72. The van der Waals surface area contributed by atoms with Crippen LogP contribution < -0.4 is 20.3 Å². The number of benzene rings is 3. The van der Waals surface area contributed by atoms with Gasteiger partial charge in [0, 0.05) is 36.8 Å². The smallest absolute Gasteiger partial charge is 0.259 e. The number of carbonyl (C=O) groups excluding carboxylic acids is 3. The molecule has 7 heteroatoms. The maximum atomic E-state index is 13.6. The summed E-state index contributed by atoms with van der Waals surface area (Å²) < 4.78 is 5.27. The van der Waals surface area contributed by atoms with Crippen molar-refractivity contribution in [2.24, 2.45) is 0 Å². The van der Waals surface area contributed by atoms with Gasteiger partial charge in [-0.25, -0.2) is 0 Å². The SMILES string of the molecule is COc1cccc(CNC(=O)[C@]2(C)Cc3ccccc3C(=O)N2c2ccc(NC(C)=O)cc2)c1. The zero-order chi connectivity index (χ0) is 24.3. The summed E-state index contributed by atoms with van der Waals surface area (Å²) in [4.78, 5) is 40.1. The van der Waals surface area contributed by atoms with E-state index in [4.69, 9.17) is 4.74 Å². The van der Waals surface area contributed by atoms with Gasteiger partial charge >= 0.3 is 0 Å². The summed E-state index contributed by atoms with van der Waals surface area (Å²) in [6, 6.07) is 21.8. The molecule has 3 aromatic rings. The summed E-state index contributed by atoms with van der Waals surface area (Å²) in [6.45, 7) is 3.52. The van der Waals surface area contributed by atoms with Crippen molar-refractivity contribution < 1.29 is 19.1 Å². The van der Waals surface area contributed by atoms with Crippen LogP contribution in [0, 0.1) is 0 Å². The molecule has 0 unspecified atom stereocenters. The molecule has 34 heavy (non-hydrogen) atoms. The fourth-order valence-electron chi connectivity index (χ4n) is 4.31. The first-order valence-electron chi connectivity index (χ1n) is 11.0. The second-order valence-corrected chi connectivity index (χ2v) is 8.51. The zero-order valence-corrected chi connectivity index (χ0v) is 19.4. The molecule has 174 valence electrons. The molecule has 2 N–H and O–H groups in total. The van der Waals surface area contributed by atoms with E-state index >= 15 is 0 Å². The van der Waals surface area contributed by atoms with Crippen molar-refractivity contribution in [2.75, 3.05) is 17.3 Å². The van der Waals surface area contributed by atoms with Crippen LogP contribution >= 0.6 is 0 Å². The van der Waals surface area contributed by atoms with Crippen molar-refractivity contribution in [2.45, 2.75) is 32.4 Å². The van der Waals surface area contributed by atoms with Gasteiger partial charge in [0.15, 0.2) is 0 Å². The highest BCUT2D eigenvalue weighted by Crippen LogP contribution is 2.36. The van der Waals surface area contributed by atoms with Gasteiger partial charge in [-0.3, -0.25) is 19.3 Å². The molecular formula is C27H27N3O4. The molecule has 0 saturated heterocycles. The van der Waals surface area contributed by atoms with E-state index in [1.807, 2.05) is 42.5 Å². The van der Waals surface area contributed by atoms with Crippen molar-refractivity contribution in [3.8, 4) is 5.75 Å². The molecule has 0 fully saturated rings. The quantitative estimate of drug-likeness (QED) is 0.587. The number of amides is 3. The number of hydrogen-bond donors (Lipinski definition) is 2. The Bertz CT molecular complexity index is 1240. The number of fused-ring (bicyclic) bond motifs is 1. The summed E-state index contributed by atoms with van der Waals surface area (Å²) in [7, 11) is 1.60. The largest absolute Gasteiger partial charge is 0.497 e. The number of rotatable bonds is 6. The fraction of sp³-hybridized carbons (Fsp3) is 0.222. The van der Waals surface area contributed by atoms with E-state index in [2.05, 4.69) is 10.6 Å². The van der Waals surface area contributed by atoms with Gasteiger partial charge in [0.1, 0.15) is 11.3 Å². The molecule has 0 radical (unpaired) electrons. The van der Waals surface area contributed by atoms with Crippen molar-refractivity contribution in [1.82, 2.24) is 5.32 Å². The summed E-state index contributed by atoms with van der Waals surface area (Å²) in [5.41, 5.74) is 2.34. The Labute approximate surface area is 198 Å². The lowest BCUT2D eigenvalue weighted by molar-refractivity contribution is -0.126. The van der Waals surface area contributed by atoms with Crippen molar-refractivity contribution >= 4 is 29.1 Å². The van der Waals surface area contributed by atoms with Gasteiger partial charge in [-0.15, -0.1) is 0 Å². The highest BCUT2D eigenvalue weighted by Gasteiger charge is 2.47. The molecule has 1 atom stereocenters. The van der Waals surface area contributed by atoms with Crippen LogP contribution in [0.5, 0.6) is 5.75 Å². The minimum absolute atomic E-state index is 0.183. The van der Waals surface area contributed by atoms with Crippen LogP contribution in [0.25, 0.3) is 0 Å². The predicted octanol–water partition coefficient (Wildman–Crippen LogP) is 3.93. The van der Waals surface area contributed by atoms with E-state index in [1.54, 1.807) is 49.3 Å². The topological polar surface area (TPSA) is 87.7 Å². The zero-order valence-electron chi connectivity index (χ0n) is 19.4. The molecule has 0 aliphatic carbocycles. The average Bonchev–Trinajstić information content (AvgIpc) is 2.83. The molecule has 1 aliphatic heterocycles. The van der Waals surface area contributed by atoms with Crippen LogP contribution in [0.4, 0.5) is 11.4 Å². The second kappa shape index (κ2) is 9.39. The molecule has 0 saturated carbocycles. The molecule has 0 bridgehead atoms. The standard InChI is InChI=1S/C27H27N3O4/c1-18(31)29-21-11-13-22(14-12-21)30-25(32)24-10-5-4-8-20(24)16-27(30,2)26(33)28-17-19-7-6-9-23(15-19)34-3/h4-15H,16-17H2,1-3H3,(H,28,33)(H,29,31)/t27-/m0/s1. The molecule has 4 rings (SSSR count). The van der Waals surface area contributed by atoms with Gasteiger partial charge in [0.25, 0.3) is 5.91 Å². The van der Waals surface area contributed by atoms with Crippen LogP contribution in [-0.4, -0.2) is 30.4 Å². The third-order valence-corrected chi connectivity index (χ3v) is 6.00. The van der Waals surface area contributed by atoms with Gasteiger partial charge < -0.3 is 15.4 Å². The second-order valence-electron chi connectivity index (χ2n) is 8.51. The molecule has 0 spiro atoms. The number of ether oxygens (including phenoxy) is 1. The first kappa shape index (κ1) is 23.0. The monoisotopic (exact) mass is 457 g/mol. The lowest BCUT2D eigenvalue weighted by Crippen LogP contribution is -2.63. The van der Waals surface area contributed by atoms with Crippen molar-refractivity contribution in [1.29, 1.82) is 0 Å². The molecule has 3 amide bonds. The highest BCUT2D eigenvalue weighted by atomic mass is 16.5. The van der Waals surface area contributed by atoms with Crippen LogP contribution in [0.3, 0.4) is 0 Å². The van der Waals surface area contributed by atoms with Crippen LogP contribution in [0.1, 0.15) is 35.3 Å². The number of methoxy groups -OCH3 is 1. The molecule has 1 heterocycles. The lowest BCUT2D eigenvalue weighted by atomic mass is 9.82. The van der Waals surface area contributed by atoms with Crippen LogP contribution in [0.15, 0.2) is 72.8 Å². The molecule has 1 aliphatic rings. The van der Waals surface area contributed by atoms with E-state index < -0.39 is 5.54 Å². The van der Waals surface area contributed by atoms with Crippen molar-refractivity contribution in [3.05, 3.63) is 89.5 Å². The number of carbonyl (C=O) groups is 3. The first-order chi connectivity index (χ1) is 16.3. The normalized spacial score (nSPS) is 17.0. The van der Waals surface area contributed by atoms with E-state index in [9.17, 15) is 14.4 Å². The summed E-state index contributed by atoms with van der Waals surface area (Å²) in [5.74, 6) is 0.0235. The number of nitrogens with one attached hydrogen (secondary N) is 2. The minimum atomic E-state index is -1.15. The first-order valence-corrected chi connectivity index (χ1v) is 11.0. The van der Waals surface area contributed by atoms with Crippen molar-refractivity contribution in [3.63, 3.8) is 0 Å². The maximum absolute atomic E-state index is 13.6. The van der Waals surface area contributed by atoms with E-state index in [0.29, 0.717) is 35.7 Å². The summed E-state index contributed by atoms with van der Waals surface area (Å²) >= 11 is 0. The van der Waals surface area contributed by atoms with Gasteiger partial charge in [0.05, 0.1) is 7.11 Å². The van der Waals surface area contributed by atoms with Gasteiger partial charge in [0.2, 0.25) is 11.8 Å². The van der Waals surface area contributed by atoms with Gasteiger partial charge in [-0.05, 0) is 60.5 Å². The van der Waals surface area contributed by atoms with E-state index in [1.165, 1.54) is 6.92 Å². The third-order valence-electron chi connectivity index (χ3n) is 6.00. The Morgan fingerprint density at radius 2 is 1.76 bits per heavy atom. The number of nitrogens with zero attached hydrogens (tertiary/aromatic N) is 1. The maximum Gasteiger partial charge on any atom is 0.259 e. The molecule has 3 aromatic carbocycles. The van der Waals surface area contributed by atoms with Crippen LogP contribution in [0.2, 0.25) is 0 Å². The fourth-order valence-corrected chi connectivity index (χ4v) is 4.31. The Balaban J connectivity index is 1.67. The van der Waals surface area contributed by atoms with E-state index in [-0.39, 0.29) is 17.7 Å². The van der Waals surface area contributed by atoms with Gasteiger partial charge in [-0.2, -0.15) is 0 Å². The van der Waals surface area contributed by atoms with Gasteiger partial charge in [-0.1, -0.05) is 30.3 Å². The Hall–Kier alpha value is -4.13. The Morgan fingerprint density at radius 1 is 1.03 bits per heavy atom. The number of hydrogen-bond acceptors (Lipinski definition) is 4. The minimum Gasteiger partial charge on any atom is -0.497 e. The van der Waals surface area contributed by atoms with E-state index in [0.717, 1.165) is 11.1 Å². The lowest BCUT2D eigenvalue weighted by Gasteiger charge is -2.44. The Kier molecular flexibility index (Phi) is 6.36. The average molecular weight is 458 g/mol. The van der Waals surface area contributed by atoms with Crippen LogP contribution in [-0.2, 0) is 22.6 Å². The predicted molar refractivity (Wildman–Crippen MR) is 131 cm³/mol. The number of anilines is 2. The molecule has 0 aromatic heterocycles. The molecular weight excluding hydrogens is 430 g/mol. The Morgan fingerprint density at radius 3 is 2.47 bits per heavy atom. The highest BCUT2D eigenvalue weighted by molar-refractivity contribution is 6.14.